The fraction of sp³-hybridized carbons (Fsp3) is 0. The van der Waals surface area contributed by atoms with Gasteiger partial charge in [0.2, 0.25) is 11.9 Å². The summed E-state index contributed by atoms with van der Waals surface area (Å²) in [5.41, 5.74) is 9.59. The summed E-state index contributed by atoms with van der Waals surface area (Å²) in [5, 5.41) is 4.27. The van der Waals surface area contributed by atoms with Crippen molar-refractivity contribution in [3.63, 3.8) is 0 Å². The first-order valence-electron chi connectivity index (χ1n) is 20.4. The molecular weight excluding hydrogens is 763 g/mol. The third-order valence-electron chi connectivity index (χ3n) is 11.4. The molecule has 5 heterocycles. The zero-order chi connectivity index (χ0) is 41.0. The number of hydrogen-bond acceptors (Lipinski definition) is 7. The Balaban J connectivity index is 1.12. The van der Waals surface area contributed by atoms with Crippen LogP contribution in [0.4, 0.5) is 0 Å². The highest BCUT2D eigenvalue weighted by Gasteiger charge is 2.24. The van der Waals surface area contributed by atoms with Crippen molar-refractivity contribution in [2.75, 3.05) is 0 Å². The third kappa shape index (κ3) is 5.83. The maximum Gasteiger partial charge on any atom is 0.238 e. The van der Waals surface area contributed by atoms with Gasteiger partial charge in [-0.3, -0.25) is 14.1 Å². The van der Waals surface area contributed by atoms with Crippen molar-refractivity contribution in [2.45, 2.75) is 0 Å². The lowest BCUT2D eigenvalue weighted by molar-refractivity contribution is 0.951. The Morgan fingerprint density at radius 3 is 1.11 bits per heavy atom. The van der Waals surface area contributed by atoms with Gasteiger partial charge in [0.25, 0.3) is 0 Å². The van der Waals surface area contributed by atoms with E-state index < -0.39 is 0 Å². The Kier molecular flexibility index (Phi) is 8.27. The molecule has 7 aromatic carbocycles. The van der Waals surface area contributed by atoms with Crippen molar-refractivity contribution in [3.05, 3.63) is 200 Å². The lowest BCUT2D eigenvalue weighted by Crippen LogP contribution is -2.06. The van der Waals surface area contributed by atoms with Crippen LogP contribution in [0.5, 0.6) is 0 Å². The van der Waals surface area contributed by atoms with Crippen LogP contribution in [0.2, 0.25) is 0 Å². The topological polar surface area (TPSA) is 100 Å². The highest BCUT2D eigenvalue weighted by Crippen LogP contribution is 2.43. The lowest BCUT2D eigenvalue weighted by Gasteiger charge is -2.12. The van der Waals surface area contributed by atoms with Gasteiger partial charge in [0.1, 0.15) is 0 Å². The zero-order valence-electron chi connectivity index (χ0n) is 33.1. The summed E-state index contributed by atoms with van der Waals surface area (Å²) in [5.74, 6) is 3.44. The van der Waals surface area contributed by atoms with Crippen LogP contribution in [-0.4, -0.2) is 44.0 Å². The molecule has 0 aliphatic heterocycles. The van der Waals surface area contributed by atoms with Gasteiger partial charge in [-0.1, -0.05) is 164 Å². The quantitative estimate of drug-likeness (QED) is 0.158. The molecule has 0 saturated carbocycles. The zero-order valence-corrected chi connectivity index (χ0v) is 33.1. The Hall–Kier alpha value is -8.69. The van der Waals surface area contributed by atoms with Gasteiger partial charge in [-0.15, -0.1) is 0 Å². The van der Waals surface area contributed by atoms with Crippen LogP contribution >= 0.6 is 0 Å². The number of pyridine rings is 1. The van der Waals surface area contributed by atoms with Crippen molar-refractivity contribution in [1.82, 2.24) is 44.0 Å². The first-order chi connectivity index (χ1) is 30.8. The number of para-hydroxylation sites is 1. The molecule has 0 saturated heterocycles. The number of rotatable bonds is 7. The van der Waals surface area contributed by atoms with Gasteiger partial charge in [-0.05, 0) is 35.4 Å². The highest BCUT2D eigenvalue weighted by atomic mass is 15.2. The van der Waals surface area contributed by atoms with E-state index in [4.69, 9.17) is 29.9 Å². The monoisotopic (exact) mass is 795 g/mol. The summed E-state index contributed by atoms with van der Waals surface area (Å²) >= 11 is 0. The molecule has 0 unspecified atom stereocenters. The maximum absolute atomic E-state index is 5.17. The van der Waals surface area contributed by atoms with Gasteiger partial charge < -0.3 is 0 Å². The van der Waals surface area contributed by atoms with Gasteiger partial charge in [0.15, 0.2) is 23.3 Å². The summed E-state index contributed by atoms with van der Waals surface area (Å²) in [6.45, 7) is 0. The molecule has 0 aliphatic carbocycles. The van der Waals surface area contributed by atoms with Crippen LogP contribution in [0, 0.1) is 0 Å². The summed E-state index contributed by atoms with van der Waals surface area (Å²) in [6, 6.07) is 63.8. The van der Waals surface area contributed by atoms with Gasteiger partial charge in [0, 0.05) is 50.0 Å². The molecule has 9 nitrogen and oxygen atoms in total. The fourth-order valence-corrected chi connectivity index (χ4v) is 8.61. The van der Waals surface area contributed by atoms with E-state index in [-0.39, 0.29) is 0 Å². The van der Waals surface area contributed by atoms with E-state index in [9.17, 15) is 0 Å². The van der Waals surface area contributed by atoms with Crippen molar-refractivity contribution >= 4 is 43.6 Å². The van der Waals surface area contributed by atoms with Crippen LogP contribution in [0.15, 0.2) is 200 Å². The van der Waals surface area contributed by atoms with Crippen LogP contribution in [-0.2, 0) is 0 Å². The number of nitrogens with zero attached hydrogens (tertiary/aromatic N) is 9. The molecule has 0 spiro atoms. The average Bonchev–Trinajstić information content (AvgIpc) is 3.88. The van der Waals surface area contributed by atoms with E-state index in [0.29, 0.717) is 35.2 Å². The number of fused-ring (bicyclic) bond motifs is 6. The Morgan fingerprint density at radius 1 is 0.290 bits per heavy atom. The maximum atomic E-state index is 5.17. The molecule has 0 fully saturated rings. The second-order valence-electron chi connectivity index (χ2n) is 15.0. The fourth-order valence-electron chi connectivity index (χ4n) is 8.61. The first-order valence-corrected chi connectivity index (χ1v) is 20.4. The SMILES string of the molecule is c1ccc(-c2nc(-c3ccccc3)nc(-n3c4ccccc4c4c(-c5cccc6c5c5ccncc5n6-c5nc(-c6ccccc6)nc(-c6ccccc6)n5)cccc43)n2)cc1. The van der Waals surface area contributed by atoms with Crippen molar-refractivity contribution in [2.24, 2.45) is 0 Å². The second kappa shape index (κ2) is 14.5. The van der Waals surface area contributed by atoms with Crippen molar-refractivity contribution in [3.8, 4) is 68.6 Å². The molecule has 0 amide bonds. The minimum atomic E-state index is 0.510. The Morgan fingerprint density at radius 2 is 0.661 bits per heavy atom. The first kappa shape index (κ1) is 35.3. The second-order valence-corrected chi connectivity index (χ2v) is 15.0. The smallest absolute Gasteiger partial charge is 0.238 e. The van der Waals surface area contributed by atoms with Crippen LogP contribution in [0.3, 0.4) is 0 Å². The molecule has 9 heteroatoms. The molecule has 0 aliphatic rings. The molecule has 0 N–H and O–H groups in total. The molecule has 290 valence electrons. The molecule has 5 aromatic heterocycles. The van der Waals surface area contributed by atoms with Gasteiger partial charge in [-0.2, -0.15) is 19.9 Å². The largest absolute Gasteiger partial charge is 0.278 e. The van der Waals surface area contributed by atoms with Crippen LogP contribution in [0.1, 0.15) is 0 Å². The van der Waals surface area contributed by atoms with E-state index in [1.807, 2.05) is 134 Å². The Labute approximate surface area is 355 Å². The van der Waals surface area contributed by atoms with E-state index in [1.54, 1.807) is 0 Å². The predicted octanol–water partition coefficient (Wildman–Crippen LogP) is 12.0. The molecule has 0 radical (unpaired) electrons. The van der Waals surface area contributed by atoms with Gasteiger partial charge in [0.05, 0.1) is 28.3 Å². The normalized spacial score (nSPS) is 11.5. The van der Waals surface area contributed by atoms with E-state index in [2.05, 4.69) is 80.8 Å². The summed E-state index contributed by atoms with van der Waals surface area (Å²) in [7, 11) is 0. The van der Waals surface area contributed by atoms with Crippen LogP contribution in [0.25, 0.3) is 112 Å². The van der Waals surface area contributed by atoms with E-state index in [1.165, 1.54) is 0 Å². The standard InChI is InChI=1S/C53H33N9/c1-5-17-34(18-6-1)48-55-49(35-19-7-2-8-20-35)58-52(57-48)61-42-28-14-13-25-40(42)46-38(26-15-29-43(46)61)39-27-16-30-44-47(39)41-31-32-54-33-45(41)62(44)53-59-50(36-21-9-3-10-22-36)56-51(60-53)37-23-11-4-12-24-37/h1-33H. The number of hydrogen-bond donors (Lipinski definition) is 0. The van der Waals surface area contributed by atoms with Crippen molar-refractivity contribution < 1.29 is 0 Å². The molecule has 62 heavy (non-hydrogen) atoms. The van der Waals surface area contributed by atoms with Crippen molar-refractivity contribution in [1.29, 1.82) is 0 Å². The lowest BCUT2D eigenvalue weighted by atomic mass is 9.95. The van der Waals surface area contributed by atoms with E-state index in [0.717, 1.165) is 77.0 Å². The Bertz CT molecular complexity index is 3260. The summed E-state index contributed by atoms with van der Waals surface area (Å²) in [4.78, 5) is 35.2. The molecular formula is C53H33N9. The van der Waals surface area contributed by atoms with Gasteiger partial charge >= 0.3 is 0 Å². The molecule has 12 rings (SSSR count). The molecule has 12 aromatic rings. The van der Waals surface area contributed by atoms with Crippen LogP contribution < -0.4 is 0 Å². The molecule has 0 atom stereocenters. The molecule has 0 bridgehead atoms. The average molecular weight is 796 g/mol. The summed E-state index contributed by atoms with van der Waals surface area (Å²) < 4.78 is 4.29. The van der Waals surface area contributed by atoms with E-state index >= 15 is 0 Å². The minimum absolute atomic E-state index is 0.510. The highest BCUT2D eigenvalue weighted by molar-refractivity contribution is 6.22. The number of aromatic nitrogens is 9. The summed E-state index contributed by atoms with van der Waals surface area (Å²) in [6.07, 6.45) is 3.75. The van der Waals surface area contributed by atoms with Gasteiger partial charge in [-0.25, -0.2) is 9.97 Å². The third-order valence-corrected chi connectivity index (χ3v) is 11.4. The predicted molar refractivity (Wildman–Crippen MR) is 247 cm³/mol. The number of benzene rings is 7. The minimum Gasteiger partial charge on any atom is -0.278 e.